The first-order valence-corrected chi connectivity index (χ1v) is 9.65. The number of carbonyl (C=O) groups is 2. The molecule has 1 saturated heterocycles. The van der Waals surface area contributed by atoms with Crippen LogP contribution in [0.15, 0.2) is 30.5 Å². The lowest BCUT2D eigenvalue weighted by atomic mass is 10.1. The molecule has 30 heavy (non-hydrogen) atoms. The van der Waals surface area contributed by atoms with Crippen molar-refractivity contribution >= 4 is 23.4 Å². The fraction of sp³-hybridized carbons (Fsp3) is 0.421. The van der Waals surface area contributed by atoms with Crippen LogP contribution in [0.5, 0.6) is 0 Å². The Bertz CT molecular complexity index is 946. The largest absolute Gasteiger partial charge is 0.416 e. The second-order valence-electron chi connectivity index (χ2n) is 7.18. The average molecular weight is 444 g/mol. The number of Topliss-reactive ketones (excluding diaryl/α,β-unsaturated/α-hetero) is 1. The van der Waals surface area contributed by atoms with E-state index in [1.54, 1.807) is 4.90 Å². The van der Waals surface area contributed by atoms with Crippen molar-refractivity contribution in [3.8, 4) is 0 Å². The minimum atomic E-state index is -4.47. The van der Waals surface area contributed by atoms with Crippen LogP contribution >= 0.6 is 11.6 Å². The zero-order chi connectivity index (χ0) is 22.1. The number of hydrogen-bond donors (Lipinski definition) is 1. The predicted molar refractivity (Wildman–Crippen MR) is 104 cm³/mol. The molecule has 1 fully saturated rings. The maximum absolute atomic E-state index is 13.0. The molecule has 0 spiro atoms. The molecule has 0 radical (unpaired) electrons. The molecule has 1 aliphatic heterocycles. The summed E-state index contributed by atoms with van der Waals surface area (Å²) >= 11 is 5.86. The van der Waals surface area contributed by atoms with Crippen molar-refractivity contribution in [3.05, 3.63) is 52.3 Å². The van der Waals surface area contributed by atoms with E-state index in [0.717, 1.165) is 16.8 Å². The summed E-state index contributed by atoms with van der Waals surface area (Å²) in [5.74, 6) is -0.362. The zero-order valence-corrected chi connectivity index (χ0v) is 17.0. The zero-order valence-electron chi connectivity index (χ0n) is 16.2. The number of aromatic nitrogens is 2. The van der Waals surface area contributed by atoms with Gasteiger partial charge < -0.3 is 10.6 Å². The summed E-state index contributed by atoms with van der Waals surface area (Å²) in [7, 11) is 0. The Kier molecular flexibility index (Phi) is 6.49. The molecule has 1 atom stereocenters. The minimum Gasteiger partial charge on any atom is -0.324 e. The van der Waals surface area contributed by atoms with Crippen LogP contribution < -0.4 is 5.73 Å². The second kappa shape index (κ2) is 8.75. The summed E-state index contributed by atoms with van der Waals surface area (Å²) in [6, 6.07) is 4.36. The summed E-state index contributed by atoms with van der Waals surface area (Å²) in [4.78, 5) is 27.9. The van der Waals surface area contributed by atoms with Crippen molar-refractivity contribution in [1.82, 2.24) is 19.6 Å². The molecule has 1 amide bonds. The number of rotatable bonds is 4. The van der Waals surface area contributed by atoms with Gasteiger partial charge in [-0.1, -0.05) is 11.6 Å². The van der Waals surface area contributed by atoms with Crippen molar-refractivity contribution in [2.75, 3.05) is 26.2 Å². The maximum atomic E-state index is 13.0. The van der Waals surface area contributed by atoms with Gasteiger partial charge in [-0.25, -0.2) is 4.79 Å². The van der Waals surface area contributed by atoms with Gasteiger partial charge in [0.05, 0.1) is 12.1 Å². The monoisotopic (exact) mass is 443 g/mol. The summed E-state index contributed by atoms with van der Waals surface area (Å²) in [6.45, 7) is 3.24. The highest BCUT2D eigenvalue weighted by molar-refractivity contribution is 6.30. The summed E-state index contributed by atoms with van der Waals surface area (Å²) in [5.41, 5.74) is 5.10. The first kappa shape index (κ1) is 22.3. The van der Waals surface area contributed by atoms with Crippen molar-refractivity contribution in [2.45, 2.75) is 25.7 Å². The van der Waals surface area contributed by atoms with E-state index >= 15 is 0 Å². The van der Waals surface area contributed by atoms with Gasteiger partial charge in [0.2, 0.25) is 0 Å². The standard InChI is InChI=1S/C19H21ClF3N5O2/c1-12-10-26(11-13-6-14(19(21,22)23)8-15(20)7-13)4-5-27(12)18(30)28-3-2-16(25-28)17(29)9-24/h2-3,6-8,12H,4-5,9-11,24H2,1H3/t12-/m1/s1. The van der Waals surface area contributed by atoms with Gasteiger partial charge in [0.15, 0.2) is 5.78 Å². The molecule has 162 valence electrons. The number of ketones is 1. The lowest BCUT2D eigenvalue weighted by Crippen LogP contribution is -2.54. The highest BCUT2D eigenvalue weighted by Gasteiger charge is 2.32. The first-order valence-electron chi connectivity index (χ1n) is 9.27. The van der Waals surface area contributed by atoms with Crippen molar-refractivity contribution in [3.63, 3.8) is 0 Å². The number of piperazine rings is 1. The number of alkyl halides is 3. The molecule has 2 aromatic rings. The summed E-state index contributed by atoms with van der Waals surface area (Å²) < 4.78 is 40.1. The molecule has 0 bridgehead atoms. The van der Waals surface area contributed by atoms with Gasteiger partial charge in [0.25, 0.3) is 0 Å². The van der Waals surface area contributed by atoms with E-state index in [1.165, 1.54) is 18.3 Å². The Hall–Kier alpha value is -2.43. The van der Waals surface area contributed by atoms with Crippen LogP contribution in [0.1, 0.15) is 28.5 Å². The van der Waals surface area contributed by atoms with Crippen LogP contribution in [0.25, 0.3) is 0 Å². The van der Waals surface area contributed by atoms with Crippen LogP contribution in [-0.2, 0) is 12.7 Å². The third-order valence-electron chi connectivity index (χ3n) is 4.90. The van der Waals surface area contributed by atoms with E-state index < -0.39 is 11.7 Å². The van der Waals surface area contributed by atoms with E-state index in [9.17, 15) is 22.8 Å². The molecule has 1 aliphatic rings. The molecular weight excluding hydrogens is 423 g/mol. The molecule has 0 aliphatic carbocycles. The third-order valence-corrected chi connectivity index (χ3v) is 5.12. The van der Waals surface area contributed by atoms with E-state index in [1.807, 2.05) is 11.8 Å². The first-order chi connectivity index (χ1) is 14.1. The molecule has 1 aromatic carbocycles. The fourth-order valence-corrected chi connectivity index (χ4v) is 3.70. The number of hydrogen-bond acceptors (Lipinski definition) is 5. The van der Waals surface area contributed by atoms with Crippen molar-refractivity contribution in [2.24, 2.45) is 5.73 Å². The van der Waals surface area contributed by atoms with Gasteiger partial charge >= 0.3 is 12.2 Å². The van der Waals surface area contributed by atoms with Gasteiger partial charge in [-0.15, -0.1) is 0 Å². The van der Waals surface area contributed by atoms with Crippen LogP contribution in [0, 0.1) is 0 Å². The summed E-state index contributed by atoms with van der Waals surface area (Å²) in [6.07, 6.45) is -3.05. The molecule has 11 heteroatoms. The molecule has 2 heterocycles. The Morgan fingerprint density at radius 3 is 2.63 bits per heavy atom. The minimum absolute atomic E-state index is 0.0307. The lowest BCUT2D eigenvalue weighted by molar-refractivity contribution is -0.137. The Labute approximate surface area is 176 Å². The van der Waals surface area contributed by atoms with Gasteiger partial charge in [-0.2, -0.15) is 23.0 Å². The van der Waals surface area contributed by atoms with E-state index in [2.05, 4.69) is 5.10 Å². The van der Waals surface area contributed by atoms with Crippen molar-refractivity contribution < 1.29 is 22.8 Å². The maximum Gasteiger partial charge on any atom is 0.416 e. The molecule has 0 saturated carbocycles. The quantitative estimate of drug-likeness (QED) is 0.734. The van der Waals surface area contributed by atoms with Gasteiger partial charge in [0, 0.05) is 43.4 Å². The Balaban J connectivity index is 1.65. The number of nitrogens with zero attached hydrogens (tertiary/aromatic N) is 4. The smallest absolute Gasteiger partial charge is 0.324 e. The van der Waals surface area contributed by atoms with Crippen molar-refractivity contribution in [1.29, 1.82) is 0 Å². The predicted octanol–water partition coefficient (Wildman–Crippen LogP) is 2.87. The van der Waals surface area contributed by atoms with E-state index in [4.69, 9.17) is 17.3 Å². The lowest BCUT2D eigenvalue weighted by Gasteiger charge is -2.39. The van der Waals surface area contributed by atoms with E-state index in [0.29, 0.717) is 25.2 Å². The van der Waals surface area contributed by atoms with Crippen LogP contribution in [0.3, 0.4) is 0 Å². The number of benzene rings is 1. The highest BCUT2D eigenvalue weighted by Crippen LogP contribution is 2.32. The average Bonchev–Trinajstić information content (AvgIpc) is 3.16. The SMILES string of the molecule is C[C@@H]1CN(Cc2cc(Cl)cc(C(F)(F)F)c2)CCN1C(=O)n1ccc(C(=O)CN)n1. The number of carbonyl (C=O) groups excluding carboxylic acids is 2. The van der Waals surface area contributed by atoms with E-state index in [-0.39, 0.29) is 41.7 Å². The molecule has 0 unspecified atom stereocenters. The normalized spacial score (nSPS) is 17.9. The molecule has 1 aromatic heterocycles. The Morgan fingerprint density at radius 2 is 2.00 bits per heavy atom. The van der Waals surface area contributed by atoms with Gasteiger partial charge in [0.1, 0.15) is 5.69 Å². The van der Waals surface area contributed by atoms with Gasteiger partial charge in [-0.05, 0) is 36.8 Å². The molecule has 2 N–H and O–H groups in total. The topological polar surface area (TPSA) is 84.5 Å². The second-order valence-corrected chi connectivity index (χ2v) is 7.62. The Morgan fingerprint density at radius 1 is 1.27 bits per heavy atom. The summed E-state index contributed by atoms with van der Waals surface area (Å²) in [5, 5.41) is 4.01. The van der Waals surface area contributed by atoms with Gasteiger partial charge in [-0.3, -0.25) is 9.69 Å². The third kappa shape index (κ3) is 5.00. The number of amides is 1. The molecule has 3 rings (SSSR count). The molecule has 7 nitrogen and oxygen atoms in total. The molecular formula is C19H21ClF3N5O2. The van der Waals surface area contributed by atoms with Crippen LogP contribution in [-0.4, -0.2) is 63.6 Å². The number of nitrogens with two attached hydrogens (primary N) is 1. The number of halogens is 4. The fourth-order valence-electron chi connectivity index (χ4n) is 3.44. The van der Waals surface area contributed by atoms with Crippen LogP contribution in [0.2, 0.25) is 5.02 Å². The van der Waals surface area contributed by atoms with Crippen LogP contribution in [0.4, 0.5) is 18.0 Å². The highest BCUT2D eigenvalue weighted by atomic mass is 35.5.